The Morgan fingerprint density at radius 3 is 2.48 bits per heavy atom. The molecule has 0 aliphatic carbocycles. The monoisotopic (exact) mass is 419 g/mol. The highest BCUT2D eigenvalue weighted by molar-refractivity contribution is 6.01. The van der Waals surface area contributed by atoms with Crippen molar-refractivity contribution in [2.24, 2.45) is 0 Å². The Morgan fingerprint density at radius 1 is 0.935 bits per heavy atom. The lowest BCUT2D eigenvalue weighted by Crippen LogP contribution is -2.20. The van der Waals surface area contributed by atoms with E-state index < -0.39 is 0 Å². The molecule has 2 amide bonds. The number of carbonyl (C=O) groups is 1. The van der Waals surface area contributed by atoms with E-state index in [-0.39, 0.29) is 6.03 Å². The molecule has 0 spiro atoms. The first kappa shape index (κ1) is 20.5. The SMILES string of the molecule is COc1ccc(NC(=O)Nc2cccc(-c3ccc(N4CCCC4)nn3)c2)c(OC)c1. The van der Waals surface area contributed by atoms with Gasteiger partial charge in [0.15, 0.2) is 5.82 Å². The van der Waals surface area contributed by atoms with E-state index >= 15 is 0 Å². The van der Waals surface area contributed by atoms with Crippen molar-refractivity contribution in [3.8, 4) is 22.8 Å². The van der Waals surface area contributed by atoms with Crippen LogP contribution in [0.3, 0.4) is 0 Å². The number of hydrogen-bond acceptors (Lipinski definition) is 6. The molecule has 1 saturated heterocycles. The maximum atomic E-state index is 12.5. The lowest BCUT2D eigenvalue weighted by Gasteiger charge is -2.15. The molecule has 8 nitrogen and oxygen atoms in total. The average molecular weight is 419 g/mol. The van der Waals surface area contributed by atoms with Crippen LogP contribution in [0, 0.1) is 0 Å². The van der Waals surface area contributed by atoms with Crippen LogP contribution < -0.4 is 25.0 Å². The molecule has 0 unspecified atom stereocenters. The molecule has 160 valence electrons. The summed E-state index contributed by atoms with van der Waals surface area (Å²) in [6.45, 7) is 2.06. The van der Waals surface area contributed by atoms with Crippen LogP contribution in [0.4, 0.5) is 22.0 Å². The summed E-state index contributed by atoms with van der Waals surface area (Å²) in [6.07, 6.45) is 2.39. The van der Waals surface area contributed by atoms with Crippen LogP contribution in [-0.4, -0.2) is 43.5 Å². The van der Waals surface area contributed by atoms with Gasteiger partial charge in [-0.3, -0.25) is 0 Å². The Hall–Kier alpha value is -3.81. The van der Waals surface area contributed by atoms with Crippen molar-refractivity contribution < 1.29 is 14.3 Å². The van der Waals surface area contributed by atoms with Gasteiger partial charge in [-0.1, -0.05) is 12.1 Å². The predicted molar refractivity (Wildman–Crippen MR) is 121 cm³/mol. The summed E-state index contributed by atoms with van der Waals surface area (Å²) in [6, 6.07) is 16.3. The van der Waals surface area contributed by atoms with E-state index in [0.29, 0.717) is 22.9 Å². The van der Waals surface area contributed by atoms with Crippen LogP contribution in [0.1, 0.15) is 12.8 Å². The van der Waals surface area contributed by atoms with Crippen LogP contribution in [0.5, 0.6) is 11.5 Å². The van der Waals surface area contributed by atoms with Gasteiger partial charge in [0.05, 0.1) is 25.6 Å². The van der Waals surface area contributed by atoms with Crippen LogP contribution >= 0.6 is 0 Å². The molecule has 0 bridgehead atoms. The summed E-state index contributed by atoms with van der Waals surface area (Å²) < 4.78 is 10.5. The van der Waals surface area contributed by atoms with Crippen molar-refractivity contribution in [3.05, 3.63) is 54.6 Å². The summed E-state index contributed by atoms with van der Waals surface area (Å²) in [4.78, 5) is 14.7. The van der Waals surface area contributed by atoms with E-state index in [1.54, 1.807) is 25.3 Å². The van der Waals surface area contributed by atoms with E-state index in [1.807, 2.05) is 36.4 Å². The smallest absolute Gasteiger partial charge is 0.323 e. The summed E-state index contributed by atoms with van der Waals surface area (Å²) in [5, 5.41) is 14.4. The van der Waals surface area contributed by atoms with E-state index in [1.165, 1.54) is 20.0 Å². The molecule has 31 heavy (non-hydrogen) atoms. The number of anilines is 3. The van der Waals surface area contributed by atoms with Crippen molar-refractivity contribution in [1.82, 2.24) is 10.2 Å². The van der Waals surface area contributed by atoms with Crippen molar-refractivity contribution >= 4 is 23.2 Å². The highest BCUT2D eigenvalue weighted by atomic mass is 16.5. The summed E-state index contributed by atoms with van der Waals surface area (Å²) >= 11 is 0. The summed E-state index contributed by atoms with van der Waals surface area (Å²) in [5.74, 6) is 2.06. The first-order valence-electron chi connectivity index (χ1n) is 10.2. The van der Waals surface area contributed by atoms with E-state index in [2.05, 4.69) is 25.7 Å². The zero-order chi connectivity index (χ0) is 21.6. The molecule has 1 aliphatic rings. The Bertz CT molecular complexity index is 1050. The summed E-state index contributed by atoms with van der Waals surface area (Å²) in [5.41, 5.74) is 2.82. The van der Waals surface area contributed by atoms with Crippen LogP contribution in [0.25, 0.3) is 11.3 Å². The van der Waals surface area contributed by atoms with Gasteiger partial charge in [-0.15, -0.1) is 10.2 Å². The Morgan fingerprint density at radius 2 is 1.77 bits per heavy atom. The molecule has 0 radical (unpaired) electrons. The second-order valence-electron chi connectivity index (χ2n) is 7.20. The largest absolute Gasteiger partial charge is 0.497 e. The third kappa shape index (κ3) is 4.85. The second kappa shape index (κ2) is 9.34. The normalized spacial score (nSPS) is 13.0. The first-order valence-corrected chi connectivity index (χ1v) is 10.2. The minimum atomic E-state index is -0.379. The van der Waals surface area contributed by atoms with Crippen LogP contribution in [0.15, 0.2) is 54.6 Å². The average Bonchev–Trinajstić information content (AvgIpc) is 3.34. The number of methoxy groups -OCH3 is 2. The lowest BCUT2D eigenvalue weighted by atomic mass is 10.1. The number of hydrogen-bond donors (Lipinski definition) is 2. The van der Waals surface area contributed by atoms with Gasteiger partial charge in [0.2, 0.25) is 0 Å². The zero-order valence-corrected chi connectivity index (χ0v) is 17.6. The van der Waals surface area contributed by atoms with Gasteiger partial charge in [0.25, 0.3) is 0 Å². The number of nitrogens with zero attached hydrogens (tertiary/aromatic N) is 3. The number of ether oxygens (including phenoxy) is 2. The van der Waals surface area contributed by atoms with Crippen LogP contribution in [0.2, 0.25) is 0 Å². The van der Waals surface area contributed by atoms with Gasteiger partial charge in [0, 0.05) is 30.4 Å². The maximum absolute atomic E-state index is 12.5. The first-order chi connectivity index (χ1) is 15.2. The number of urea groups is 1. The molecule has 1 fully saturated rings. The van der Waals surface area contributed by atoms with Gasteiger partial charge in [-0.25, -0.2) is 4.79 Å². The predicted octanol–water partition coefficient (Wildman–Crippen LogP) is 4.41. The van der Waals surface area contributed by atoms with Crippen LogP contribution in [-0.2, 0) is 0 Å². The van der Waals surface area contributed by atoms with Gasteiger partial charge >= 0.3 is 6.03 Å². The van der Waals surface area contributed by atoms with E-state index in [0.717, 1.165) is 30.2 Å². The molecule has 2 heterocycles. The van der Waals surface area contributed by atoms with Gasteiger partial charge in [-0.2, -0.15) is 0 Å². The van der Waals surface area contributed by atoms with Gasteiger partial charge in [-0.05, 0) is 49.2 Å². The highest BCUT2D eigenvalue weighted by Gasteiger charge is 2.14. The molecule has 1 aromatic heterocycles. The number of carbonyl (C=O) groups excluding carboxylic acids is 1. The Labute approximate surface area is 181 Å². The molecule has 2 aromatic carbocycles. The Kier molecular flexibility index (Phi) is 6.16. The molecule has 2 N–H and O–H groups in total. The quantitative estimate of drug-likeness (QED) is 0.615. The number of rotatable bonds is 6. The minimum Gasteiger partial charge on any atom is -0.497 e. The third-order valence-corrected chi connectivity index (χ3v) is 5.15. The molecule has 8 heteroatoms. The van der Waals surface area contributed by atoms with E-state index in [9.17, 15) is 4.79 Å². The van der Waals surface area contributed by atoms with Crippen molar-refractivity contribution in [1.29, 1.82) is 0 Å². The molecule has 0 atom stereocenters. The molecule has 1 aliphatic heterocycles. The molecule has 0 saturated carbocycles. The maximum Gasteiger partial charge on any atom is 0.323 e. The van der Waals surface area contributed by atoms with Crippen molar-refractivity contribution in [2.45, 2.75) is 12.8 Å². The highest BCUT2D eigenvalue weighted by Crippen LogP contribution is 2.29. The Balaban J connectivity index is 1.44. The molecule has 4 rings (SSSR count). The molecular weight excluding hydrogens is 394 g/mol. The summed E-state index contributed by atoms with van der Waals surface area (Å²) in [7, 11) is 3.11. The van der Waals surface area contributed by atoms with E-state index in [4.69, 9.17) is 9.47 Å². The number of nitrogens with one attached hydrogen (secondary N) is 2. The molecular formula is C23H25N5O3. The number of amides is 2. The van der Waals surface area contributed by atoms with Crippen molar-refractivity contribution in [3.63, 3.8) is 0 Å². The topological polar surface area (TPSA) is 88.6 Å². The third-order valence-electron chi connectivity index (χ3n) is 5.15. The molecule has 3 aromatic rings. The van der Waals surface area contributed by atoms with Gasteiger partial charge < -0.3 is 25.0 Å². The lowest BCUT2D eigenvalue weighted by molar-refractivity contribution is 0.262. The zero-order valence-electron chi connectivity index (χ0n) is 17.6. The second-order valence-corrected chi connectivity index (χ2v) is 7.20. The fraction of sp³-hybridized carbons (Fsp3) is 0.261. The number of benzene rings is 2. The van der Waals surface area contributed by atoms with Crippen molar-refractivity contribution in [2.75, 3.05) is 42.8 Å². The standard InChI is InChI=1S/C23H25N5O3/c1-30-18-8-9-20(21(15-18)31-2)25-23(29)24-17-7-5-6-16(14-17)19-10-11-22(27-26-19)28-12-3-4-13-28/h5-11,14-15H,3-4,12-13H2,1-2H3,(H2,24,25,29). The van der Waals surface area contributed by atoms with Gasteiger partial charge in [0.1, 0.15) is 11.5 Å². The fourth-order valence-corrected chi connectivity index (χ4v) is 3.54. The number of aromatic nitrogens is 2. The minimum absolute atomic E-state index is 0.379. The fourth-order valence-electron chi connectivity index (χ4n) is 3.54.